The van der Waals surface area contributed by atoms with Gasteiger partial charge in [0.1, 0.15) is 22.8 Å². The van der Waals surface area contributed by atoms with E-state index in [9.17, 15) is 45.0 Å². The van der Waals surface area contributed by atoms with Gasteiger partial charge < -0.3 is 48.8 Å². The van der Waals surface area contributed by atoms with Crippen molar-refractivity contribution < 1.29 is 57.4 Å². The SMILES string of the molecule is CN(C)[C@@H]1C(=O)C(C(N)=O)=C(O)[C@@]2(O)C(=O)C3=C(O)c4c(O)cccc4[C@@](C)(O)[C@H]3[C@H](O)[C@@H]12.[Cl-]. The molecule has 3 aliphatic carbocycles. The summed E-state index contributed by atoms with van der Waals surface area (Å²) in [5.74, 6) is -9.67. The highest BCUT2D eigenvalue weighted by atomic mass is 35.5. The van der Waals surface area contributed by atoms with E-state index in [0.717, 1.165) is 0 Å². The third-order valence-corrected chi connectivity index (χ3v) is 7.03. The van der Waals surface area contributed by atoms with Gasteiger partial charge in [-0.3, -0.25) is 19.3 Å². The summed E-state index contributed by atoms with van der Waals surface area (Å²) in [7, 11) is 2.80. The fourth-order valence-corrected chi connectivity index (χ4v) is 5.60. The third kappa shape index (κ3) is 2.88. The number of benzene rings is 1. The summed E-state index contributed by atoms with van der Waals surface area (Å²) in [6, 6.07) is 2.50. The van der Waals surface area contributed by atoms with Gasteiger partial charge in [0.2, 0.25) is 5.78 Å². The average Bonchev–Trinajstić information content (AvgIpc) is 2.70. The van der Waals surface area contributed by atoms with Crippen molar-refractivity contribution in [1.29, 1.82) is 0 Å². The highest BCUT2D eigenvalue weighted by molar-refractivity contribution is 6.24. The zero-order valence-corrected chi connectivity index (χ0v) is 19.1. The molecule has 0 aromatic heterocycles. The number of nitrogens with zero attached hydrogens (tertiary/aromatic N) is 1. The lowest BCUT2D eigenvalue weighted by Gasteiger charge is -2.55. The Balaban J connectivity index is 0.00000324. The van der Waals surface area contributed by atoms with Crippen LogP contribution in [0.4, 0.5) is 0 Å². The molecule has 184 valence electrons. The Kier molecular flexibility index (Phi) is 5.88. The smallest absolute Gasteiger partial charge is 0.255 e. The maximum absolute atomic E-state index is 13.7. The van der Waals surface area contributed by atoms with Crippen molar-refractivity contribution in [2.75, 3.05) is 14.1 Å². The van der Waals surface area contributed by atoms with Crippen LogP contribution in [0.1, 0.15) is 18.1 Å². The van der Waals surface area contributed by atoms with Crippen molar-refractivity contribution in [2.24, 2.45) is 17.6 Å². The van der Waals surface area contributed by atoms with Crippen LogP contribution in [-0.2, 0) is 20.0 Å². The standard InChI is InChI=1S/C22H24N2O9.ClH/c1-21(32)7-5-4-6-8(25)9(7)15(26)10-12(21)17(28)13-14(24(2)3)16(27)11(20(23)31)19(30)22(13,33)18(10)29;/h4-6,12-14,17,25-26,28,30,32-33H,1-3H3,(H2,23,31);1H/p-1/t12-,13-,14+,17+,21-,22+;/m1./s1. The second-order valence-electron chi connectivity index (χ2n) is 9.06. The monoisotopic (exact) mass is 495 g/mol. The molecular weight excluding hydrogens is 472 g/mol. The summed E-state index contributed by atoms with van der Waals surface area (Å²) < 4.78 is 0. The van der Waals surface area contributed by atoms with E-state index in [1.54, 1.807) is 0 Å². The summed E-state index contributed by atoms with van der Waals surface area (Å²) in [6.45, 7) is 1.25. The maximum atomic E-state index is 13.7. The first-order chi connectivity index (χ1) is 15.2. The number of carbonyl (C=O) groups is 3. The van der Waals surface area contributed by atoms with Crippen molar-refractivity contribution in [3.8, 4) is 5.75 Å². The van der Waals surface area contributed by atoms with Crippen LogP contribution in [0, 0.1) is 11.8 Å². The number of fused-ring (bicyclic) bond motifs is 3. The molecule has 0 aliphatic heterocycles. The van der Waals surface area contributed by atoms with Gasteiger partial charge in [0.15, 0.2) is 11.4 Å². The molecule has 11 nitrogen and oxygen atoms in total. The molecule has 0 spiro atoms. The number of hydrogen-bond acceptors (Lipinski definition) is 10. The zero-order chi connectivity index (χ0) is 24.8. The first kappa shape index (κ1) is 25.7. The van der Waals surface area contributed by atoms with E-state index in [1.807, 2.05) is 0 Å². The maximum Gasteiger partial charge on any atom is 0.255 e. The molecule has 0 unspecified atom stereocenters. The molecule has 1 aromatic rings. The number of hydrogen-bond donors (Lipinski definition) is 7. The van der Waals surface area contributed by atoms with Crippen LogP contribution in [0.2, 0.25) is 0 Å². The van der Waals surface area contributed by atoms with Gasteiger partial charge in [-0.1, -0.05) is 12.1 Å². The Labute approximate surface area is 199 Å². The number of halogens is 1. The molecule has 34 heavy (non-hydrogen) atoms. The lowest BCUT2D eigenvalue weighted by Crippen LogP contribution is -3.00. The molecule has 0 radical (unpaired) electrons. The number of carbonyl (C=O) groups excluding carboxylic acids is 3. The number of phenols is 1. The van der Waals surface area contributed by atoms with Crippen LogP contribution < -0.4 is 18.1 Å². The van der Waals surface area contributed by atoms with E-state index in [4.69, 9.17) is 5.73 Å². The van der Waals surface area contributed by atoms with Crippen molar-refractivity contribution in [3.63, 3.8) is 0 Å². The minimum absolute atomic E-state index is 0. The number of likely N-dealkylation sites (N-methyl/N-ethyl adjacent to an activating group) is 1. The Morgan fingerprint density at radius 2 is 1.71 bits per heavy atom. The van der Waals surface area contributed by atoms with Gasteiger partial charge in [-0.15, -0.1) is 0 Å². The lowest BCUT2D eigenvalue weighted by molar-refractivity contribution is -0.181. The summed E-state index contributed by atoms with van der Waals surface area (Å²) in [5.41, 5.74) is -1.78. The largest absolute Gasteiger partial charge is 1.00 e. The van der Waals surface area contributed by atoms with Crippen LogP contribution in [-0.4, -0.2) is 84.9 Å². The van der Waals surface area contributed by atoms with Crippen LogP contribution >= 0.6 is 0 Å². The second kappa shape index (κ2) is 7.79. The summed E-state index contributed by atoms with van der Waals surface area (Å²) >= 11 is 0. The number of aromatic hydroxyl groups is 1. The molecule has 6 atom stereocenters. The van der Waals surface area contributed by atoms with E-state index in [1.165, 1.54) is 44.1 Å². The van der Waals surface area contributed by atoms with Crippen molar-refractivity contribution in [3.05, 3.63) is 46.2 Å². The normalized spacial score (nSPS) is 34.9. The number of amides is 1. The molecule has 1 aromatic carbocycles. The van der Waals surface area contributed by atoms with Crippen molar-refractivity contribution in [2.45, 2.75) is 30.3 Å². The molecule has 1 saturated carbocycles. The average molecular weight is 496 g/mol. The highest BCUT2D eigenvalue weighted by Crippen LogP contribution is 2.57. The van der Waals surface area contributed by atoms with E-state index < -0.39 is 81.1 Å². The minimum atomic E-state index is -3.02. The van der Waals surface area contributed by atoms with E-state index in [2.05, 4.69) is 0 Å². The van der Waals surface area contributed by atoms with Gasteiger partial charge in [-0.05, 0) is 32.6 Å². The third-order valence-electron chi connectivity index (χ3n) is 7.03. The topological polar surface area (TPSA) is 202 Å². The van der Waals surface area contributed by atoms with E-state index in [0.29, 0.717) is 0 Å². The molecule has 0 saturated heterocycles. The van der Waals surface area contributed by atoms with Crippen molar-refractivity contribution >= 4 is 23.2 Å². The minimum Gasteiger partial charge on any atom is -1.00 e. The number of aliphatic hydroxyl groups is 5. The number of aliphatic hydroxyl groups excluding tert-OH is 3. The molecule has 8 N–H and O–H groups in total. The molecule has 3 aliphatic rings. The predicted octanol–water partition coefficient (Wildman–Crippen LogP) is -4.40. The number of primary amides is 1. The van der Waals surface area contributed by atoms with Gasteiger partial charge in [-0.2, -0.15) is 0 Å². The van der Waals surface area contributed by atoms with Gasteiger partial charge in [0, 0.05) is 0 Å². The first-order valence-electron chi connectivity index (χ1n) is 10.1. The number of nitrogens with two attached hydrogens (primary N) is 1. The Hall–Kier alpha value is -2.96. The number of ketones is 2. The van der Waals surface area contributed by atoms with E-state index in [-0.39, 0.29) is 23.5 Å². The van der Waals surface area contributed by atoms with Gasteiger partial charge in [-0.25, -0.2) is 0 Å². The Morgan fingerprint density at radius 3 is 2.24 bits per heavy atom. The van der Waals surface area contributed by atoms with Crippen molar-refractivity contribution in [1.82, 2.24) is 4.90 Å². The first-order valence-corrected chi connectivity index (χ1v) is 10.1. The molecule has 0 bridgehead atoms. The molecule has 1 fully saturated rings. The molecule has 0 heterocycles. The van der Waals surface area contributed by atoms with Gasteiger partial charge >= 0.3 is 0 Å². The van der Waals surface area contributed by atoms with E-state index >= 15 is 0 Å². The Morgan fingerprint density at radius 1 is 1.12 bits per heavy atom. The lowest BCUT2D eigenvalue weighted by atomic mass is 9.53. The summed E-state index contributed by atoms with van der Waals surface area (Å²) in [4.78, 5) is 39.9. The van der Waals surface area contributed by atoms with Crippen LogP contribution in [0.25, 0.3) is 5.76 Å². The highest BCUT2D eigenvalue weighted by Gasteiger charge is 2.70. The zero-order valence-electron chi connectivity index (χ0n) is 18.4. The molecular formula is C22H24ClN2O9-. The predicted molar refractivity (Wildman–Crippen MR) is 112 cm³/mol. The summed E-state index contributed by atoms with van der Waals surface area (Å²) in [5, 5.41) is 66.3. The fraction of sp³-hybridized carbons (Fsp3) is 0.409. The number of phenolic OH excluding ortho intramolecular Hbond substituents is 1. The Bertz CT molecular complexity index is 1190. The number of Topliss-reactive ketones (excluding diaryl/α,β-unsaturated/α-hetero) is 2. The van der Waals surface area contributed by atoms with Crippen LogP contribution in [0.3, 0.4) is 0 Å². The number of rotatable bonds is 2. The molecule has 12 heteroatoms. The fourth-order valence-electron chi connectivity index (χ4n) is 5.60. The molecule has 1 amide bonds. The van der Waals surface area contributed by atoms with Gasteiger partial charge in [0.05, 0.1) is 40.7 Å². The quantitative estimate of drug-likeness (QED) is 0.196. The van der Waals surface area contributed by atoms with Gasteiger partial charge in [0.25, 0.3) is 5.91 Å². The second-order valence-corrected chi connectivity index (χ2v) is 9.06. The van der Waals surface area contributed by atoms with Crippen LogP contribution in [0.15, 0.2) is 35.1 Å². The molecule has 4 rings (SSSR count). The summed E-state index contributed by atoms with van der Waals surface area (Å²) in [6.07, 6.45) is -1.87. The van der Waals surface area contributed by atoms with Crippen LogP contribution in [0.5, 0.6) is 5.75 Å².